The van der Waals surface area contributed by atoms with Crippen molar-refractivity contribution < 1.29 is 4.79 Å². The molecule has 0 bridgehead atoms. The third-order valence-electron chi connectivity index (χ3n) is 2.49. The summed E-state index contributed by atoms with van der Waals surface area (Å²) < 4.78 is 0. The zero-order valence-electron chi connectivity index (χ0n) is 8.10. The third kappa shape index (κ3) is 2.36. The molecule has 2 heteroatoms. The molecule has 0 radical (unpaired) electrons. The van der Waals surface area contributed by atoms with Crippen LogP contribution in [-0.4, -0.2) is 5.91 Å². The molecule has 0 aliphatic rings. The van der Waals surface area contributed by atoms with E-state index in [1.165, 1.54) is 0 Å². The molecule has 1 amide bonds. The molecule has 1 unspecified atom stereocenters. The lowest BCUT2D eigenvalue weighted by atomic mass is 9.80. The minimum atomic E-state index is -0.462. The number of hydrogen-bond donors (Lipinski definition) is 1. The average molecular weight is 169 g/mol. The maximum Gasteiger partial charge on any atom is 0.227 e. The van der Waals surface area contributed by atoms with Crippen LogP contribution in [0.4, 0.5) is 0 Å². The highest BCUT2D eigenvalue weighted by Gasteiger charge is 2.29. The van der Waals surface area contributed by atoms with Gasteiger partial charge in [-0.1, -0.05) is 32.8 Å². The van der Waals surface area contributed by atoms with Gasteiger partial charge >= 0.3 is 0 Å². The van der Waals surface area contributed by atoms with E-state index >= 15 is 0 Å². The van der Waals surface area contributed by atoms with Crippen LogP contribution in [0.3, 0.4) is 0 Å². The summed E-state index contributed by atoms with van der Waals surface area (Å²) in [5.74, 6) is -0.242. The monoisotopic (exact) mass is 169 g/mol. The predicted molar refractivity (Wildman–Crippen MR) is 51.6 cm³/mol. The van der Waals surface area contributed by atoms with E-state index in [2.05, 4.69) is 13.5 Å². The van der Waals surface area contributed by atoms with Crippen LogP contribution >= 0.6 is 0 Å². The molecule has 0 aromatic rings. The zero-order valence-corrected chi connectivity index (χ0v) is 8.10. The highest BCUT2D eigenvalue weighted by atomic mass is 16.1. The van der Waals surface area contributed by atoms with Crippen molar-refractivity contribution in [2.75, 3.05) is 0 Å². The Labute approximate surface area is 74.8 Å². The third-order valence-corrected chi connectivity index (χ3v) is 2.49. The average Bonchev–Trinajstić information content (AvgIpc) is 2.07. The van der Waals surface area contributed by atoms with Gasteiger partial charge < -0.3 is 5.73 Å². The van der Waals surface area contributed by atoms with Gasteiger partial charge in [0.2, 0.25) is 5.91 Å². The zero-order chi connectivity index (χ0) is 9.61. The second-order valence-corrected chi connectivity index (χ2v) is 3.18. The smallest absolute Gasteiger partial charge is 0.227 e. The summed E-state index contributed by atoms with van der Waals surface area (Å²) in [5, 5.41) is 0. The Morgan fingerprint density at radius 3 is 2.42 bits per heavy atom. The Balaban J connectivity index is 4.35. The van der Waals surface area contributed by atoms with Crippen LogP contribution in [0, 0.1) is 5.41 Å². The van der Waals surface area contributed by atoms with Gasteiger partial charge in [0.25, 0.3) is 0 Å². The summed E-state index contributed by atoms with van der Waals surface area (Å²) in [5.41, 5.74) is 4.86. The maximum atomic E-state index is 11.1. The predicted octanol–water partition coefficient (Wildman–Crippen LogP) is 2.24. The summed E-state index contributed by atoms with van der Waals surface area (Å²) in [6.07, 6.45) is 5.40. The first-order valence-electron chi connectivity index (χ1n) is 4.56. The number of amides is 1. The lowest BCUT2D eigenvalue weighted by Crippen LogP contribution is -2.34. The molecule has 0 aliphatic heterocycles. The van der Waals surface area contributed by atoms with Crippen molar-refractivity contribution >= 4 is 5.91 Å². The highest BCUT2D eigenvalue weighted by molar-refractivity contribution is 5.82. The van der Waals surface area contributed by atoms with Gasteiger partial charge in [0.05, 0.1) is 5.41 Å². The first-order chi connectivity index (χ1) is 5.63. The van der Waals surface area contributed by atoms with Gasteiger partial charge in [-0.05, 0) is 12.8 Å². The second-order valence-electron chi connectivity index (χ2n) is 3.18. The number of unbranched alkanes of at least 4 members (excludes halogenated alkanes) is 1. The van der Waals surface area contributed by atoms with Crippen LogP contribution in [0.25, 0.3) is 0 Å². The van der Waals surface area contributed by atoms with Crippen LogP contribution < -0.4 is 5.73 Å². The molecule has 0 aromatic carbocycles. The van der Waals surface area contributed by atoms with E-state index in [0.29, 0.717) is 0 Å². The lowest BCUT2D eigenvalue weighted by molar-refractivity contribution is -0.125. The fourth-order valence-electron chi connectivity index (χ4n) is 1.31. The fraction of sp³-hybridized carbons (Fsp3) is 0.700. The second kappa shape index (κ2) is 4.96. The molecule has 70 valence electrons. The Kier molecular flexibility index (Phi) is 4.64. The molecular formula is C10H19NO. The Morgan fingerprint density at radius 1 is 1.58 bits per heavy atom. The SMILES string of the molecule is C=CC(CC)(CCCC)C(N)=O. The van der Waals surface area contributed by atoms with Gasteiger partial charge in [-0.2, -0.15) is 0 Å². The maximum absolute atomic E-state index is 11.1. The van der Waals surface area contributed by atoms with Gasteiger partial charge in [-0.15, -0.1) is 6.58 Å². The molecule has 0 spiro atoms. The van der Waals surface area contributed by atoms with E-state index < -0.39 is 5.41 Å². The van der Waals surface area contributed by atoms with Crippen LogP contribution in [-0.2, 0) is 4.79 Å². The summed E-state index contributed by atoms with van der Waals surface area (Å²) in [7, 11) is 0. The van der Waals surface area contributed by atoms with E-state index in [9.17, 15) is 4.79 Å². The van der Waals surface area contributed by atoms with E-state index in [1.54, 1.807) is 6.08 Å². The summed E-state index contributed by atoms with van der Waals surface area (Å²) >= 11 is 0. The molecule has 0 fully saturated rings. The van der Waals surface area contributed by atoms with E-state index in [1.807, 2.05) is 6.92 Å². The van der Waals surface area contributed by atoms with Gasteiger partial charge in [0.1, 0.15) is 0 Å². The Hall–Kier alpha value is -0.790. The van der Waals surface area contributed by atoms with Crippen molar-refractivity contribution in [3.63, 3.8) is 0 Å². The summed E-state index contributed by atoms with van der Waals surface area (Å²) in [4.78, 5) is 11.1. The van der Waals surface area contributed by atoms with Crippen LogP contribution in [0.1, 0.15) is 39.5 Å². The quantitative estimate of drug-likeness (QED) is 0.609. The summed E-state index contributed by atoms with van der Waals surface area (Å²) in [6.45, 7) is 7.75. The van der Waals surface area contributed by atoms with Crippen LogP contribution in [0.2, 0.25) is 0 Å². The minimum Gasteiger partial charge on any atom is -0.369 e. The van der Waals surface area contributed by atoms with Gasteiger partial charge in [-0.3, -0.25) is 4.79 Å². The Morgan fingerprint density at radius 2 is 2.17 bits per heavy atom. The molecule has 0 rings (SSSR count). The molecule has 0 aromatic heterocycles. The van der Waals surface area contributed by atoms with Crippen LogP contribution in [0.15, 0.2) is 12.7 Å². The fourth-order valence-corrected chi connectivity index (χ4v) is 1.31. The van der Waals surface area contributed by atoms with E-state index in [0.717, 1.165) is 25.7 Å². The molecule has 0 saturated carbocycles. The molecule has 0 aliphatic carbocycles. The van der Waals surface area contributed by atoms with Crippen molar-refractivity contribution in [3.05, 3.63) is 12.7 Å². The van der Waals surface area contributed by atoms with Gasteiger partial charge in [0, 0.05) is 0 Å². The number of carbonyl (C=O) groups is 1. The van der Waals surface area contributed by atoms with Crippen LogP contribution in [0.5, 0.6) is 0 Å². The van der Waals surface area contributed by atoms with E-state index in [-0.39, 0.29) is 5.91 Å². The largest absolute Gasteiger partial charge is 0.369 e. The van der Waals surface area contributed by atoms with Gasteiger partial charge in [-0.25, -0.2) is 0 Å². The number of carbonyl (C=O) groups excluding carboxylic acids is 1. The molecular weight excluding hydrogens is 150 g/mol. The van der Waals surface area contributed by atoms with Crippen molar-refractivity contribution in [3.8, 4) is 0 Å². The highest BCUT2D eigenvalue weighted by Crippen LogP contribution is 2.29. The van der Waals surface area contributed by atoms with Crippen molar-refractivity contribution in [2.24, 2.45) is 11.1 Å². The van der Waals surface area contributed by atoms with Gasteiger partial charge in [0.15, 0.2) is 0 Å². The number of rotatable bonds is 6. The number of primary amides is 1. The topological polar surface area (TPSA) is 43.1 Å². The molecule has 2 N–H and O–H groups in total. The van der Waals surface area contributed by atoms with E-state index in [4.69, 9.17) is 5.73 Å². The number of nitrogens with two attached hydrogens (primary N) is 1. The lowest BCUT2D eigenvalue weighted by Gasteiger charge is -2.24. The summed E-state index contributed by atoms with van der Waals surface area (Å²) in [6, 6.07) is 0. The molecule has 1 atom stereocenters. The Bertz CT molecular complexity index is 165. The molecule has 0 heterocycles. The standard InChI is InChI=1S/C10H19NO/c1-4-7-8-10(5-2,6-3)9(11)12/h5H,2,4,6-8H2,1,3H3,(H2,11,12). The normalized spacial score (nSPS) is 15.2. The van der Waals surface area contributed by atoms with Crippen molar-refractivity contribution in [1.82, 2.24) is 0 Å². The molecule has 12 heavy (non-hydrogen) atoms. The van der Waals surface area contributed by atoms with Crippen molar-refractivity contribution in [1.29, 1.82) is 0 Å². The molecule has 0 saturated heterocycles. The minimum absolute atomic E-state index is 0.242. The molecule has 2 nitrogen and oxygen atoms in total. The van der Waals surface area contributed by atoms with Crippen molar-refractivity contribution in [2.45, 2.75) is 39.5 Å². The number of hydrogen-bond acceptors (Lipinski definition) is 1. The first kappa shape index (κ1) is 11.2. The first-order valence-corrected chi connectivity index (χ1v) is 4.56.